The van der Waals surface area contributed by atoms with Gasteiger partial charge in [0.2, 0.25) is 0 Å². The summed E-state index contributed by atoms with van der Waals surface area (Å²) in [6.45, 7) is 0. The van der Waals surface area contributed by atoms with Gasteiger partial charge in [-0.2, -0.15) is 0 Å². The number of methoxy groups -OCH3 is 1. The predicted molar refractivity (Wildman–Crippen MR) is 104 cm³/mol. The number of ether oxygens (including phenoxy) is 1. The summed E-state index contributed by atoms with van der Waals surface area (Å²) in [6, 6.07) is 13.6. The van der Waals surface area contributed by atoms with Crippen LogP contribution in [0.5, 0.6) is 5.75 Å². The van der Waals surface area contributed by atoms with E-state index in [1.165, 1.54) is 0 Å². The number of carboxylic acids is 1. The van der Waals surface area contributed by atoms with Gasteiger partial charge in [0.05, 0.1) is 7.11 Å². The van der Waals surface area contributed by atoms with Crippen LogP contribution >= 0.6 is 0 Å². The fourth-order valence-electron chi connectivity index (χ4n) is 3.51. The molecule has 0 saturated heterocycles. The third kappa shape index (κ3) is 3.51. The van der Waals surface area contributed by atoms with E-state index in [2.05, 4.69) is 10.6 Å². The average molecular weight is 380 g/mol. The number of anilines is 1. The molecule has 7 nitrogen and oxygen atoms in total. The van der Waals surface area contributed by atoms with E-state index in [9.17, 15) is 14.7 Å². The zero-order chi connectivity index (χ0) is 19.7. The third-order valence-corrected chi connectivity index (χ3v) is 4.91. The van der Waals surface area contributed by atoms with Crippen LogP contribution in [0, 0.1) is 0 Å². The zero-order valence-electron chi connectivity index (χ0n) is 15.3. The van der Waals surface area contributed by atoms with Crippen LogP contribution in [0.3, 0.4) is 0 Å². The van der Waals surface area contributed by atoms with Crippen molar-refractivity contribution in [1.82, 2.24) is 5.32 Å². The largest absolute Gasteiger partial charge is 0.497 e. The Bertz CT molecular complexity index is 1020. The molecule has 0 radical (unpaired) electrons. The Labute approximate surface area is 161 Å². The van der Waals surface area contributed by atoms with Crippen molar-refractivity contribution in [3.63, 3.8) is 0 Å². The van der Waals surface area contributed by atoms with Gasteiger partial charge in [-0.25, -0.2) is 4.79 Å². The van der Waals surface area contributed by atoms with Gasteiger partial charge in [-0.15, -0.1) is 0 Å². The maximum absolute atomic E-state index is 12.6. The number of nitrogens with one attached hydrogen (secondary N) is 2. The molecule has 1 aliphatic rings. The summed E-state index contributed by atoms with van der Waals surface area (Å²) in [7, 11) is 1.56. The monoisotopic (exact) mass is 380 g/mol. The molecule has 1 aliphatic heterocycles. The molecule has 28 heavy (non-hydrogen) atoms. The Kier molecular flexibility index (Phi) is 4.65. The topological polar surface area (TPSA) is 101 Å². The minimum atomic E-state index is -1.08. The number of carboxylic acid groups (broad SMARTS) is 1. The summed E-state index contributed by atoms with van der Waals surface area (Å²) in [5, 5.41) is 16.2. The molecule has 3 aromatic rings. The molecule has 7 heteroatoms. The fraction of sp³-hybridized carbons (Fsp3) is 0.238. The van der Waals surface area contributed by atoms with E-state index in [-0.39, 0.29) is 18.2 Å². The van der Waals surface area contributed by atoms with Crippen molar-refractivity contribution >= 4 is 28.5 Å². The van der Waals surface area contributed by atoms with Gasteiger partial charge in [-0.1, -0.05) is 18.2 Å². The van der Waals surface area contributed by atoms with E-state index in [0.29, 0.717) is 16.7 Å². The van der Waals surface area contributed by atoms with Gasteiger partial charge < -0.3 is 24.9 Å². The lowest BCUT2D eigenvalue weighted by atomic mass is 10.0. The van der Waals surface area contributed by atoms with Crippen molar-refractivity contribution in [3.05, 3.63) is 59.9 Å². The maximum Gasteiger partial charge on any atom is 0.326 e. The molecule has 2 aromatic carbocycles. The normalized spacial score (nSPS) is 16.2. The smallest absolute Gasteiger partial charge is 0.326 e. The number of carbonyl (C=O) groups excluding carboxylic acids is 1. The van der Waals surface area contributed by atoms with E-state index >= 15 is 0 Å². The number of carbonyl (C=O) groups is 2. The third-order valence-electron chi connectivity index (χ3n) is 4.91. The van der Waals surface area contributed by atoms with E-state index in [0.717, 1.165) is 17.7 Å². The second-order valence-corrected chi connectivity index (χ2v) is 6.82. The summed E-state index contributed by atoms with van der Waals surface area (Å²) in [5.74, 6) is -0.922. The predicted octanol–water partition coefficient (Wildman–Crippen LogP) is 3.05. The first-order valence-corrected chi connectivity index (χ1v) is 8.99. The number of rotatable bonds is 6. The van der Waals surface area contributed by atoms with Crippen LogP contribution in [0.2, 0.25) is 0 Å². The average Bonchev–Trinajstić information content (AvgIpc) is 3.29. The number of para-hydroxylation sites is 1. The lowest BCUT2D eigenvalue weighted by Crippen LogP contribution is -2.43. The lowest BCUT2D eigenvalue weighted by molar-refractivity contribution is -0.139. The quantitative estimate of drug-likeness (QED) is 0.608. The molecule has 0 saturated carbocycles. The summed E-state index contributed by atoms with van der Waals surface area (Å²) in [6.07, 6.45) is 0.990. The van der Waals surface area contributed by atoms with Gasteiger partial charge in [0, 0.05) is 17.1 Å². The molecular weight excluding hydrogens is 360 g/mol. The Hall–Kier alpha value is -3.48. The second-order valence-electron chi connectivity index (χ2n) is 6.82. The molecule has 2 heterocycles. The zero-order valence-corrected chi connectivity index (χ0v) is 15.3. The van der Waals surface area contributed by atoms with Gasteiger partial charge in [-0.3, -0.25) is 4.79 Å². The Morgan fingerprint density at radius 2 is 2.11 bits per heavy atom. The molecule has 0 aliphatic carbocycles. The number of hydrogen-bond acceptors (Lipinski definition) is 5. The van der Waals surface area contributed by atoms with Crippen LogP contribution in [0.25, 0.3) is 11.0 Å². The van der Waals surface area contributed by atoms with Gasteiger partial charge in [0.1, 0.15) is 17.4 Å². The molecule has 1 amide bonds. The minimum absolute atomic E-state index is 0.0567. The number of furan rings is 1. The number of benzene rings is 2. The fourth-order valence-corrected chi connectivity index (χ4v) is 3.51. The molecule has 0 fully saturated rings. The van der Waals surface area contributed by atoms with Gasteiger partial charge in [0.25, 0.3) is 5.91 Å². The van der Waals surface area contributed by atoms with Crippen molar-refractivity contribution in [2.24, 2.45) is 0 Å². The van der Waals surface area contributed by atoms with Crippen LogP contribution in [-0.4, -0.2) is 36.2 Å². The first-order chi connectivity index (χ1) is 13.5. The second kappa shape index (κ2) is 7.26. The van der Waals surface area contributed by atoms with E-state index in [4.69, 9.17) is 9.15 Å². The van der Waals surface area contributed by atoms with Crippen molar-refractivity contribution in [1.29, 1.82) is 0 Å². The first-order valence-electron chi connectivity index (χ1n) is 8.99. The summed E-state index contributed by atoms with van der Waals surface area (Å²) in [4.78, 5) is 24.2. The van der Waals surface area contributed by atoms with Crippen LogP contribution in [0.15, 0.2) is 52.9 Å². The maximum atomic E-state index is 12.6. The van der Waals surface area contributed by atoms with Gasteiger partial charge in [-0.05, 0) is 48.7 Å². The van der Waals surface area contributed by atoms with Crippen LogP contribution < -0.4 is 15.4 Å². The summed E-state index contributed by atoms with van der Waals surface area (Å²) in [5.41, 5.74) is 2.69. The number of hydrogen-bond donors (Lipinski definition) is 3. The molecule has 0 bridgehead atoms. The Balaban J connectivity index is 1.46. The highest BCUT2D eigenvalue weighted by atomic mass is 16.5. The number of amides is 1. The standard InChI is InChI=1S/C21H20N2O5/c1-27-15-6-7-18-13(9-15)10-19(28-18)20(24)23-17(21(25)26)11-14-8-12-4-2-3-5-16(12)22-14/h2-7,9-10,14,17,22H,8,11H2,1H3,(H,23,24)(H,25,26). The van der Waals surface area contributed by atoms with Crippen molar-refractivity contribution in [3.8, 4) is 5.75 Å². The summed E-state index contributed by atoms with van der Waals surface area (Å²) < 4.78 is 10.7. The lowest BCUT2D eigenvalue weighted by Gasteiger charge is -2.18. The molecule has 1 aromatic heterocycles. The Morgan fingerprint density at radius 3 is 2.86 bits per heavy atom. The van der Waals surface area contributed by atoms with Crippen LogP contribution in [0.1, 0.15) is 22.5 Å². The highest BCUT2D eigenvalue weighted by Crippen LogP contribution is 2.28. The van der Waals surface area contributed by atoms with E-state index < -0.39 is 17.9 Å². The van der Waals surface area contributed by atoms with E-state index in [1.807, 2.05) is 24.3 Å². The summed E-state index contributed by atoms with van der Waals surface area (Å²) >= 11 is 0. The van der Waals surface area contributed by atoms with Crippen LogP contribution in [0.4, 0.5) is 5.69 Å². The minimum Gasteiger partial charge on any atom is -0.497 e. The van der Waals surface area contributed by atoms with Gasteiger partial charge >= 0.3 is 5.97 Å². The molecule has 0 spiro atoms. The van der Waals surface area contributed by atoms with Crippen molar-refractivity contribution < 1.29 is 23.8 Å². The highest BCUT2D eigenvalue weighted by Gasteiger charge is 2.29. The highest BCUT2D eigenvalue weighted by molar-refractivity contribution is 5.98. The van der Waals surface area contributed by atoms with Crippen LogP contribution in [-0.2, 0) is 11.2 Å². The number of aliphatic carboxylic acids is 1. The number of fused-ring (bicyclic) bond motifs is 2. The molecule has 3 N–H and O–H groups in total. The van der Waals surface area contributed by atoms with E-state index in [1.54, 1.807) is 31.4 Å². The molecule has 2 unspecified atom stereocenters. The van der Waals surface area contributed by atoms with Gasteiger partial charge in [0.15, 0.2) is 5.76 Å². The molecular formula is C21H20N2O5. The Morgan fingerprint density at radius 1 is 1.29 bits per heavy atom. The first kappa shape index (κ1) is 17.9. The molecule has 2 atom stereocenters. The molecule has 144 valence electrons. The SMILES string of the molecule is COc1ccc2oc(C(=O)NC(CC3Cc4ccccc4N3)C(=O)O)cc2c1. The van der Waals surface area contributed by atoms with Crippen molar-refractivity contribution in [2.45, 2.75) is 24.9 Å². The van der Waals surface area contributed by atoms with Crippen molar-refractivity contribution in [2.75, 3.05) is 12.4 Å². The molecule has 4 rings (SSSR count).